The van der Waals surface area contributed by atoms with Crippen molar-refractivity contribution in [3.8, 4) is 0 Å². The van der Waals surface area contributed by atoms with Crippen LogP contribution in [0.3, 0.4) is 0 Å². The fourth-order valence-corrected chi connectivity index (χ4v) is 4.68. The van der Waals surface area contributed by atoms with Crippen molar-refractivity contribution >= 4 is 23.8 Å². The van der Waals surface area contributed by atoms with Crippen LogP contribution in [-0.4, -0.2) is 35.2 Å². The van der Waals surface area contributed by atoms with Gasteiger partial charge in [0.25, 0.3) is 11.8 Å². The molecule has 0 unspecified atom stereocenters. The Morgan fingerprint density at radius 1 is 0.625 bits per heavy atom. The molecule has 1 aliphatic heterocycles. The normalized spacial score (nSPS) is 12.7. The van der Waals surface area contributed by atoms with Gasteiger partial charge < -0.3 is 9.47 Å². The fraction of sp³-hybridized carbons (Fsp3) is 0.152. The maximum absolute atomic E-state index is 14.0. The molecule has 0 aliphatic carbocycles. The van der Waals surface area contributed by atoms with E-state index in [1.807, 2.05) is 36.4 Å². The summed E-state index contributed by atoms with van der Waals surface area (Å²) in [4.78, 5) is 55.6. The zero-order chi connectivity index (χ0) is 28.0. The number of carbonyl (C=O) groups excluding carboxylic acids is 4. The number of hydrogen-bond donors (Lipinski definition) is 0. The van der Waals surface area contributed by atoms with Crippen molar-refractivity contribution < 1.29 is 28.7 Å². The summed E-state index contributed by atoms with van der Waals surface area (Å²) in [5.74, 6) is -2.95. The van der Waals surface area contributed by atoms with Crippen LogP contribution in [0, 0.1) is 11.5 Å². The van der Waals surface area contributed by atoms with Crippen molar-refractivity contribution in [3.63, 3.8) is 0 Å². The average molecular weight is 533 g/mol. The molecule has 0 spiro atoms. The number of amides is 2. The van der Waals surface area contributed by atoms with Crippen molar-refractivity contribution in [2.45, 2.75) is 19.6 Å². The van der Waals surface area contributed by atoms with Gasteiger partial charge in [0.15, 0.2) is 5.41 Å². The summed E-state index contributed by atoms with van der Waals surface area (Å²) >= 11 is 0. The molecule has 4 aromatic carbocycles. The zero-order valence-corrected chi connectivity index (χ0v) is 21.6. The van der Waals surface area contributed by atoms with Crippen LogP contribution in [-0.2, 0) is 38.7 Å². The molecule has 4 aromatic rings. The van der Waals surface area contributed by atoms with Gasteiger partial charge in [-0.25, -0.2) is 0 Å². The van der Waals surface area contributed by atoms with Gasteiger partial charge in [0.2, 0.25) is 0 Å². The summed E-state index contributed by atoms with van der Waals surface area (Å²) in [7, 11) is 0. The lowest BCUT2D eigenvalue weighted by Gasteiger charge is -2.32. The number of imide groups is 1. The first-order valence-corrected chi connectivity index (χ1v) is 12.8. The van der Waals surface area contributed by atoms with Gasteiger partial charge in [-0.1, -0.05) is 97.1 Å². The van der Waals surface area contributed by atoms with E-state index in [4.69, 9.17) is 9.47 Å². The van der Waals surface area contributed by atoms with E-state index in [2.05, 4.69) is 6.07 Å². The summed E-state index contributed by atoms with van der Waals surface area (Å²) < 4.78 is 11.4. The van der Waals surface area contributed by atoms with E-state index in [1.54, 1.807) is 72.8 Å². The van der Waals surface area contributed by atoms with Crippen LogP contribution in [0.1, 0.15) is 37.4 Å². The first kappa shape index (κ1) is 26.6. The average Bonchev–Trinajstić information content (AvgIpc) is 3.24. The topological polar surface area (TPSA) is 90.0 Å². The highest BCUT2D eigenvalue weighted by Crippen LogP contribution is 2.33. The van der Waals surface area contributed by atoms with Gasteiger partial charge in [0.1, 0.15) is 13.2 Å². The second-order valence-electron chi connectivity index (χ2n) is 9.53. The van der Waals surface area contributed by atoms with Gasteiger partial charge >= 0.3 is 11.9 Å². The van der Waals surface area contributed by atoms with Crippen LogP contribution in [0.25, 0.3) is 0 Å². The summed E-state index contributed by atoms with van der Waals surface area (Å²) in [6.45, 7) is -0.741. The van der Waals surface area contributed by atoms with Gasteiger partial charge in [-0.3, -0.25) is 24.1 Å². The van der Waals surface area contributed by atoms with Crippen LogP contribution in [0.5, 0.6) is 0 Å². The summed E-state index contributed by atoms with van der Waals surface area (Å²) in [5.41, 5.74) is 0.453. The third-order valence-corrected chi connectivity index (χ3v) is 6.81. The van der Waals surface area contributed by atoms with E-state index in [9.17, 15) is 19.2 Å². The SMILES string of the molecule is O=C1c2ccccc2C(=O)N1CC(Cc1cc[c]cc1)(C(=O)OCc1ccccc1)C(=O)OCc1ccccc1. The van der Waals surface area contributed by atoms with E-state index < -0.39 is 35.7 Å². The van der Waals surface area contributed by atoms with Crippen molar-refractivity contribution in [2.24, 2.45) is 5.41 Å². The van der Waals surface area contributed by atoms with Gasteiger partial charge in [0.05, 0.1) is 17.7 Å². The van der Waals surface area contributed by atoms with E-state index >= 15 is 0 Å². The Hall–Kier alpha value is -5.04. The summed E-state index contributed by atoms with van der Waals surface area (Å²) in [6.07, 6.45) is -0.156. The fourth-order valence-electron chi connectivity index (χ4n) is 4.68. The number of nitrogens with zero attached hydrogens (tertiary/aromatic N) is 1. The lowest BCUT2D eigenvalue weighted by Crippen LogP contribution is -2.53. The molecular weight excluding hydrogens is 506 g/mol. The summed E-state index contributed by atoms with van der Waals surface area (Å²) in [6, 6.07) is 34.2. The largest absolute Gasteiger partial charge is 0.460 e. The van der Waals surface area contributed by atoms with Gasteiger partial charge in [-0.2, -0.15) is 0 Å². The van der Waals surface area contributed by atoms with Crippen molar-refractivity contribution in [1.82, 2.24) is 4.90 Å². The second kappa shape index (κ2) is 11.8. The molecule has 0 N–H and O–H groups in total. The Balaban J connectivity index is 1.52. The molecule has 1 heterocycles. The summed E-state index contributed by atoms with van der Waals surface area (Å²) in [5, 5.41) is 0. The second-order valence-corrected chi connectivity index (χ2v) is 9.53. The van der Waals surface area contributed by atoms with Crippen LogP contribution in [0.4, 0.5) is 0 Å². The van der Waals surface area contributed by atoms with Crippen LogP contribution in [0.2, 0.25) is 0 Å². The van der Waals surface area contributed by atoms with Crippen LogP contribution < -0.4 is 0 Å². The van der Waals surface area contributed by atoms with E-state index in [0.29, 0.717) is 5.56 Å². The maximum Gasteiger partial charge on any atom is 0.326 e. The maximum atomic E-state index is 14.0. The minimum absolute atomic E-state index is 0.0991. The Labute approximate surface area is 232 Å². The van der Waals surface area contributed by atoms with E-state index in [0.717, 1.165) is 16.0 Å². The molecule has 0 fully saturated rings. The molecule has 199 valence electrons. The number of rotatable bonds is 10. The molecule has 0 aromatic heterocycles. The first-order chi connectivity index (χ1) is 19.5. The number of esters is 2. The number of benzene rings is 4. The van der Waals surface area contributed by atoms with Gasteiger partial charge in [-0.15, -0.1) is 0 Å². The molecular formula is C33H26NO6. The minimum Gasteiger partial charge on any atom is -0.460 e. The Bertz CT molecular complexity index is 1430. The quantitative estimate of drug-likeness (QED) is 0.166. The highest BCUT2D eigenvalue weighted by atomic mass is 16.6. The minimum atomic E-state index is -2.03. The lowest BCUT2D eigenvalue weighted by atomic mass is 9.80. The number of carbonyl (C=O) groups is 4. The molecule has 7 heteroatoms. The Morgan fingerprint density at radius 3 is 1.55 bits per heavy atom. The van der Waals surface area contributed by atoms with E-state index in [1.165, 1.54) is 0 Å². The molecule has 1 radical (unpaired) electrons. The Kier molecular flexibility index (Phi) is 7.82. The smallest absolute Gasteiger partial charge is 0.326 e. The number of fused-ring (bicyclic) bond motifs is 1. The van der Waals surface area contributed by atoms with Gasteiger partial charge in [-0.05, 0) is 34.9 Å². The Morgan fingerprint density at radius 2 is 1.07 bits per heavy atom. The predicted octanol–water partition coefficient (Wildman–Crippen LogP) is 4.80. The highest BCUT2D eigenvalue weighted by Gasteiger charge is 2.53. The zero-order valence-electron chi connectivity index (χ0n) is 21.6. The van der Waals surface area contributed by atoms with Crippen LogP contribution >= 0.6 is 0 Å². The third-order valence-electron chi connectivity index (χ3n) is 6.81. The standard InChI is InChI=1S/C33H26NO6/c35-29-27-18-10-11-19-28(27)30(36)34(29)23-33(20-24-12-4-1-5-13-24,31(37)39-21-25-14-6-2-7-15-25)32(38)40-22-26-16-8-3-9-17-26/h2-19H,20-23H2. The molecule has 2 amide bonds. The van der Waals surface area contributed by atoms with Crippen molar-refractivity contribution in [3.05, 3.63) is 143 Å². The molecule has 0 saturated heterocycles. The molecule has 5 rings (SSSR count). The van der Waals surface area contributed by atoms with Gasteiger partial charge in [0, 0.05) is 6.42 Å². The molecule has 0 saturated carbocycles. The van der Waals surface area contributed by atoms with Crippen molar-refractivity contribution in [1.29, 1.82) is 0 Å². The number of ether oxygens (including phenoxy) is 2. The third kappa shape index (κ3) is 5.54. The van der Waals surface area contributed by atoms with Crippen LogP contribution in [0.15, 0.2) is 109 Å². The molecule has 7 nitrogen and oxygen atoms in total. The van der Waals surface area contributed by atoms with Crippen molar-refractivity contribution in [2.75, 3.05) is 6.54 Å². The highest BCUT2D eigenvalue weighted by molar-refractivity contribution is 6.21. The lowest BCUT2D eigenvalue weighted by molar-refractivity contribution is -0.175. The number of hydrogen-bond acceptors (Lipinski definition) is 6. The first-order valence-electron chi connectivity index (χ1n) is 12.8. The molecule has 0 bridgehead atoms. The predicted molar refractivity (Wildman–Crippen MR) is 146 cm³/mol. The molecule has 0 atom stereocenters. The molecule has 1 aliphatic rings. The van der Waals surface area contributed by atoms with E-state index in [-0.39, 0.29) is 30.8 Å². The molecule has 40 heavy (non-hydrogen) atoms. The monoisotopic (exact) mass is 532 g/mol.